The molecular formula is C46H72Cl4N4P2. The molecule has 0 aliphatic rings. The first-order chi connectivity index (χ1) is 25.4. The minimum atomic E-state index is -0.493. The summed E-state index contributed by atoms with van der Waals surface area (Å²) in [7, 11) is -0.986. The maximum atomic E-state index is 2.47. The van der Waals surface area contributed by atoms with Crippen molar-refractivity contribution in [3.8, 4) is 0 Å². The number of quaternary nitrogens is 4. The number of hydrogen-bond acceptors (Lipinski definition) is 0. The Balaban J connectivity index is 0.00000756. The van der Waals surface area contributed by atoms with Gasteiger partial charge in [0.25, 0.3) is 0 Å². The van der Waals surface area contributed by atoms with Crippen molar-refractivity contribution in [1.82, 2.24) is 0 Å². The second-order valence-electron chi connectivity index (χ2n) is 14.5. The van der Waals surface area contributed by atoms with Crippen molar-refractivity contribution >= 4 is 37.1 Å². The Morgan fingerprint density at radius 2 is 0.446 bits per heavy atom. The third kappa shape index (κ3) is 16.8. The van der Waals surface area contributed by atoms with Gasteiger partial charge in [-0.15, -0.1) is 0 Å². The Hall–Kier alpha value is -1.26. The normalized spacial score (nSPS) is 11.2. The largest absolute Gasteiger partial charge is 1.00 e. The van der Waals surface area contributed by atoms with Crippen LogP contribution in [-0.4, -0.2) is 64.7 Å². The molecule has 4 rings (SSSR count). The zero-order chi connectivity index (χ0) is 37.3. The van der Waals surface area contributed by atoms with Gasteiger partial charge in [-0.05, 0) is 105 Å². The van der Waals surface area contributed by atoms with E-state index in [1.165, 1.54) is 108 Å². The molecule has 0 atom stereocenters. The summed E-state index contributed by atoms with van der Waals surface area (Å²) in [4.78, 5) is 6.56. The molecular weight excluding hydrogens is 812 g/mol. The lowest BCUT2D eigenvalue weighted by Gasteiger charge is -2.25. The van der Waals surface area contributed by atoms with E-state index in [-0.39, 0.29) is 49.6 Å². The second-order valence-corrected chi connectivity index (χ2v) is 19.2. The molecule has 0 amide bonds. The minimum Gasteiger partial charge on any atom is -1.00 e. The molecule has 56 heavy (non-hydrogen) atoms. The molecule has 4 aromatic rings. The summed E-state index contributed by atoms with van der Waals surface area (Å²) in [6.07, 6.45) is 2.39. The SMILES string of the molecule is CC[NH+](CC)Cc1ccc(P(CCP(c2ccc(C[NH+](CC)CC)cc2)c2ccc(C[NH+](CC)CC)cc2)c2ccc(C[NH+](CC)CC)cc2)cc1.[Cl-].[Cl-].[Cl-].[Cl-]. The van der Waals surface area contributed by atoms with Crippen LogP contribution in [0.4, 0.5) is 0 Å². The summed E-state index contributed by atoms with van der Waals surface area (Å²) in [6.45, 7) is 32.2. The highest BCUT2D eigenvalue weighted by atomic mass is 35.5. The Bertz CT molecular complexity index is 1310. The highest BCUT2D eigenvalue weighted by Gasteiger charge is 2.21. The lowest BCUT2D eigenvalue weighted by atomic mass is 10.2. The van der Waals surface area contributed by atoms with Crippen LogP contribution >= 0.6 is 15.8 Å². The Kier molecular flexibility index (Phi) is 29.2. The molecule has 314 valence electrons. The van der Waals surface area contributed by atoms with Crippen LogP contribution in [0.1, 0.15) is 77.6 Å². The molecule has 0 fully saturated rings. The van der Waals surface area contributed by atoms with Gasteiger partial charge in [-0.1, -0.05) is 97.1 Å². The smallest absolute Gasteiger partial charge is 0.103 e. The first kappa shape index (κ1) is 54.7. The van der Waals surface area contributed by atoms with Crippen LogP contribution in [0.5, 0.6) is 0 Å². The zero-order valence-electron chi connectivity index (χ0n) is 35.5. The average Bonchev–Trinajstić information content (AvgIpc) is 3.20. The van der Waals surface area contributed by atoms with Crippen molar-refractivity contribution in [2.24, 2.45) is 0 Å². The maximum Gasteiger partial charge on any atom is 0.103 e. The number of rotatable bonds is 23. The minimum absolute atomic E-state index is 0. The van der Waals surface area contributed by atoms with Crippen molar-refractivity contribution in [2.45, 2.75) is 81.6 Å². The van der Waals surface area contributed by atoms with Gasteiger partial charge in [-0.2, -0.15) is 0 Å². The van der Waals surface area contributed by atoms with Gasteiger partial charge in [0.05, 0.1) is 52.4 Å². The standard InChI is InChI=1S/C46H68N4P2.4ClH/c1-9-47(10-2)35-39-17-25-43(26-18-39)51(44-27-19-40(20-28-44)36-48(11-3)12-4)33-34-52(45-29-21-41(22-30-45)37-49(13-5)14-6)46-31-23-42(24-32-46)38-50(15-7)16-8;;;;/h17-32H,9-16,33-38H2,1-8H3;4*1H. The van der Waals surface area contributed by atoms with E-state index >= 15 is 0 Å². The number of hydrogen-bond donors (Lipinski definition) is 4. The van der Waals surface area contributed by atoms with Crippen molar-refractivity contribution in [3.05, 3.63) is 119 Å². The fraction of sp³-hybridized carbons (Fsp3) is 0.478. The molecule has 4 nitrogen and oxygen atoms in total. The topological polar surface area (TPSA) is 17.8 Å². The van der Waals surface area contributed by atoms with E-state index in [0.717, 1.165) is 26.2 Å². The molecule has 0 saturated heterocycles. The quantitative estimate of drug-likeness (QED) is 0.0532. The van der Waals surface area contributed by atoms with E-state index in [1.54, 1.807) is 19.6 Å². The van der Waals surface area contributed by atoms with E-state index in [1.807, 2.05) is 0 Å². The van der Waals surface area contributed by atoms with Gasteiger partial charge in [0, 0.05) is 22.3 Å². The van der Waals surface area contributed by atoms with Crippen LogP contribution in [0.15, 0.2) is 97.1 Å². The molecule has 0 aliphatic heterocycles. The molecule has 0 bridgehead atoms. The van der Waals surface area contributed by atoms with Crippen molar-refractivity contribution in [2.75, 3.05) is 64.7 Å². The van der Waals surface area contributed by atoms with E-state index < -0.39 is 15.8 Å². The van der Waals surface area contributed by atoms with Crippen molar-refractivity contribution in [3.63, 3.8) is 0 Å². The summed E-state index contributed by atoms with van der Waals surface area (Å²) < 4.78 is 0. The Labute approximate surface area is 369 Å². The first-order valence-electron chi connectivity index (χ1n) is 20.6. The second kappa shape index (κ2) is 29.9. The molecule has 4 aromatic carbocycles. The molecule has 4 N–H and O–H groups in total. The van der Waals surface area contributed by atoms with E-state index in [2.05, 4.69) is 152 Å². The number of benzene rings is 4. The van der Waals surface area contributed by atoms with Gasteiger partial charge in [-0.3, -0.25) is 0 Å². The zero-order valence-corrected chi connectivity index (χ0v) is 40.4. The third-order valence-corrected chi connectivity index (χ3v) is 16.7. The summed E-state index contributed by atoms with van der Waals surface area (Å²) in [5.74, 6) is 0. The molecule has 0 saturated carbocycles. The summed E-state index contributed by atoms with van der Waals surface area (Å²) >= 11 is 0. The Morgan fingerprint density at radius 1 is 0.286 bits per heavy atom. The van der Waals surface area contributed by atoms with Gasteiger partial charge < -0.3 is 69.2 Å². The van der Waals surface area contributed by atoms with Crippen LogP contribution in [0.25, 0.3) is 0 Å². The van der Waals surface area contributed by atoms with Gasteiger partial charge in [-0.25, -0.2) is 0 Å². The highest BCUT2D eigenvalue weighted by Crippen LogP contribution is 2.41. The van der Waals surface area contributed by atoms with Crippen LogP contribution < -0.4 is 90.4 Å². The lowest BCUT2D eigenvalue weighted by Crippen LogP contribution is -3.10. The first-order valence-corrected chi connectivity index (χ1v) is 23.7. The molecule has 0 heterocycles. The van der Waals surface area contributed by atoms with Crippen LogP contribution in [0.3, 0.4) is 0 Å². The number of nitrogens with one attached hydrogen (secondary N) is 4. The monoisotopic (exact) mass is 882 g/mol. The van der Waals surface area contributed by atoms with E-state index in [0.29, 0.717) is 0 Å². The van der Waals surface area contributed by atoms with Crippen molar-refractivity contribution < 1.29 is 69.2 Å². The van der Waals surface area contributed by atoms with Gasteiger partial charge in [0.1, 0.15) is 26.2 Å². The molecule has 0 unspecified atom stereocenters. The van der Waals surface area contributed by atoms with Crippen LogP contribution in [0.2, 0.25) is 0 Å². The van der Waals surface area contributed by atoms with Crippen LogP contribution in [0, 0.1) is 0 Å². The number of halogens is 4. The summed E-state index contributed by atoms with van der Waals surface area (Å²) in [5, 5.41) is 6.06. The summed E-state index contributed by atoms with van der Waals surface area (Å²) in [5.41, 5.74) is 5.82. The van der Waals surface area contributed by atoms with Gasteiger partial charge >= 0.3 is 0 Å². The third-order valence-electron chi connectivity index (χ3n) is 11.4. The molecule has 0 spiro atoms. The van der Waals surface area contributed by atoms with E-state index in [9.17, 15) is 0 Å². The average molecular weight is 885 g/mol. The molecule has 0 radical (unpaired) electrons. The fourth-order valence-corrected chi connectivity index (χ4v) is 12.6. The van der Waals surface area contributed by atoms with Gasteiger partial charge in [0.2, 0.25) is 0 Å². The van der Waals surface area contributed by atoms with Crippen LogP contribution in [-0.2, 0) is 26.2 Å². The maximum absolute atomic E-state index is 2.47. The van der Waals surface area contributed by atoms with Gasteiger partial charge in [0.15, 0.2) is 0 Å². The highest BCUT2D eigenvalue weighted by molar-refractivity contribution is 7.76. The van der Waals surface area contributed by atoms with Crippen molar-refractivity contribution in [1.29, 1.82) is 0 Å². The predicted octanol–water partition coefficient (Wildman–Crippen LogP) is -9.03. The van der Waals surface area contributed by atoms with E-state index in [4.69, 9.17) is 0 Å². The molecule has 0 aliphatic carbocycles. The predicted molar refractivity (Wildman–Crippen MR) is 231 cm³/mol. The Morgan fingerprint density at radius 3 is 0.589 bits per heavy atom. The summed E-state index contributed by atoms with van der Waals surface area (Å²) in [6, 6.07) is 39.1. The molecule has 0 aromatic heterocycles. The lowest BCUT2D eigenvalue weighted by molar-refractivity contribution is -0.910. The molecule has 10 heteroatoms. The fourth-order valence-electron chi connectivity index (χ4n) is 7.34.